The van der Waals surface area contributed by atoms with Crippen molar-refractivity contribution >= 4 is 15.9 Å². The second-order valence-electron chi connectivity index (χ2n) is 5.86. The highest BCUT2D eigenvalue weighted by molar-refractivity contribution is 9.10. The molecule has 1 rings (SSSR count). The topological polar surface area (TPSA) is 62.3 Å². The van der Waals surface area contributed by atoms with Gasteiger partial charge >= 0.3 is 0 Å². The van der Waals surface area contributed by atoms with Crippen LogP contribution in [0.4, 0.5) is 0 Å². The molecule has 116 valence electrons. The Morgan fingerprint density at radius 1 is 1.45 bits per heavy atom. The molecule has 1 heterocycles. The predicted octanol–water partition coefficient (Wildman–Crippen LogP) is 2.74. The van der Waals surface area contributed by atoms with Gasteiger partial charge in [0.25, 0.3) is 0 Å². The van der Waals surface area contributed by atoms with Gasteiger partial charge in [-0.25, -0.2) is 0 Å². The fourth-order valence-electron chi connectivity index (χ4n) is 2.27. The number of aromatic nitrogens is 2. The van der Waals surface area contributed by atoms with Crippen LogP contribution < -0.4 is 5.73 Å². The first-order chi connectivity index (χ1) is 9.32. The molecule has 0 aliphatic carbocycles. The lowest BCUT2D eigenvalue weighted by Gasteiger charge is -2.35. The van der Waals surface area contributed by atoms with Crippen molar-refractivity contribution in [3.63, 3.8) is 0 Å². The number of ether oxygens (including phenoxy) is 2. The van der Waals surface area contributed by atoms with Crippen molar-refractivity contribution < 1.29 is 9.47 Å². The van der Waals surface area contributed by atoms with E-state index in [1.165, 1.54) is 0 Å². The molecular formula is C14H26BrN3O2. The Labute approximate surface area is 129 Å². The van der Waals surface area contributed by atoms with Gasteiger partial charge in [0.2, 0.25) is 0 Å². The largest absolute Gasteiger partial charge is 0.383 e. The van der Waals surface area contributed by atoms with E-state index >= 15 is 0 Å². The minimum atomic E-state index is -0.247. The number of halogens is 1. The van der Waals surface area contributed by atoms with Crippen LogP contribution in [-0.2, 0) is 16.0 Å². The summed E-state index contributed by atoms with van der Waals surface area (Å²) >= 11 is 3.54. The molecule has 2 N–H and O–H groups in total. The van der Waals surface area contributed by atoms with Crippen molar-refractivity contribution in [3.8, 4) is 0 Å². The summed E-state index contributed by atoms with van der Waals surface area (Å²) < 4.78 is 13.8. The number of hydrogen-bond acceptors (Lipinski definition) is 4. The fraction of sp³-hybridized carbons (Fsp3) is 0.786. The van der Waals surface area contributed by atoms with Crippen molar-refractivity contribution in [2.24, 2.45) is 11.1 Å². The van der Waals surface area contributed by atoms with E-state index in [0.29, 0.717) is 19.8 Å². The summed E-state index contributed by atoms with van der Waals surface area (Å²) in [6.07, 6.45) is 1.69. The molecule has 0 aliphatic rings. The zero-order chi connectivity index (χ0) is 15.3. The molecule has 6 heteroatoms. The number of nitrogens with zero attached hydrogens (tertiary/aromatic N) is 2. The van der Waals surface area contributed by atoms with Crippen LogP contribution in [0.15, 0.2) is 10.7 Å². The zero-order valence-electron chi connectivity index (χ0n) is 13.0. The first kappa shape index (κ1) is 17.6. The number of hydrogen-bond donors (Lipinski definition) is 1. The van der Waals surface area contributed by atoms with Crippen LogP contribution in [-0.4, -0.2) is 36.2 Å². The van der Waals surface area contributed by atoms with E-state index in [-0.39, 0.29) is 17.6 Å². The molecule has 0 amide bonds. The molecule has 0 radical (unpaired) electrons. The molecule has 0 saturated carbocycles. The van der Waals surface area contributed by atoms with Gasteiger partial charge in [-0.05, 0) is 28.3 Å². The molecule has 5 nitrogen and oxygen atoms in total. The van der Waals surface area contributed by atoms with Crippen LogP contribution >= 0.6 is 15.9 Å². The summed E-state index contributed by atoms with van der Waals surface area (Å²) in [5, 5.41) is 4.35. The number of nitrogens with two attached hydrogens (primary N) is 1. The van der Waals surface area contributed by atoms with Crippen molar-refractivity contribution in [3.05, 3.63) is 16.4 Å². The van der Waals surface area contributed by atoms with Crippen LogP contribution in [0.25, 0.3) is 0 Å². The standard InChI is InChI=1S/C14H26BrN3O2/c1-6-20-13(14(2,3)4)11(16)12-10(15)9-17-18(12)7-8-19-5/h9,11,13H,6-8,16H2,1-5H3. The Morgan fingerprint density at radius 3 is 2.60 bits per heavy atom. The normalized spacial score (nSPS) is 15.3. The van der Waals surface area contributed by atoms with Gasteiger partial charge in [0.1, 0.15) is 0 Å². The van der Waals surface area contributed by atoms with E-state index < -0.39 is 0 Å². The molecule has 20 heavy (non-hydrogen) atoms. The van der Waals surface area contributed by atoms with E-state index in [9.17, 15) is 0 Å². The molecule has 0 aromatic carbocycles. The molecule has 0 bridgehead atoms. The molecule has 0 saturated heterocycles. The van der Waals surface area contributed by atoms with Crippen molar-refractivity contribution in [2.45, 2.75) is 46.4 Å². The average molecular weight is 348 g/mol. The molecule has 2 unspecified atom stereocenters. The lowest BCUT2D eigenvalue weighted by atomic mass is 9.83. The maximum atomic E-state index is 6.47. The van der Waals surface area contributed by atoms with Gasteiger partial charge in [0.05, 0.1) is 41.7 Å². The fourth-order valence-corrected chi connectivity index (χ4v) is 2.84. The van der Waals surface area contributed by atoms with Crippen molar-refractivity contribution in [1.82, 2.24) is 9.78 Å². The molecule has 0 aliphatic heterocycles. The molecule has 0 fully saturated rings. The second-order valence-corrected chi connectivity index (χ2v) is 6.72. The van der Waals surface area contributed by atoms with Crippen LogP contribution in [0.5, 0.6) is 0 Å². The minimum Gasteiger partial charge on any atom is -0.383 e. The summed E-state index contributed by atoms with van der Waals surface area (Å²) in [5.74, 6) is 0. The van der Waals surface area contributed by atoms with E-state index in [0.717, 1.165) is 10.2 Å². The van der Waals surface area contributed by atoms with E-state index in [4.69, 9.17) is 15.2 Å². The van der Waals surface area contributed by atoms with Crippen LogP contribution in [0.1, 0.15) is 39.4 Å². The van der Waals surface area contributed by atoms with E-state index in [1.54, 1.807) is 13.3 Å². The maximum absolute atomic E-state index is 6.47. The van der Waals surface area contributed by atoms with Crippen LogP contribution in [0, 0.1) is 5.41 Å². The Balaban J connectivity index is 3.04. The molecule has 1 aromatic heterocycles. The zero-order valence-corrected chi connectivity index (χ0v) is 14.6. The minimum absolute atomic E-state index is 0.0504. The van der Waals surface area contributed by atoms with Crippen LogP contribution in [0.3, 0.4) is 0 Å². The monoisotopic (exact) mass is 347 g/mol. The van der Waals surface area contributed by atoms with Crippen molar-refractivity contribution in [1.29, 1.82) is 0 Å². The highest BCUT2D eigenvalue weighted by Gasteiger charge is 2.34. The summed E-state index contributed by atoms with van der Waals surface area (Å²) in [4.78, 5) is 0. The molecule has 0 spiro atoms. The summed E-state index contributed by atoms with van der Waals surface area (Å²) in [5.41, 5.74) is 7.38. The number of rotatable bonds is 7. The maximum Gasteiger partial charge on any atom is 0.0831 e. The second kappa shape index (κ2) is 7.54. The predicted molar refractivity (Wildman–Crippen MR) is 83.6 cm³/mol. The van der Waals surface area contributed by atoms with Gasteiger partial charge in [-0.3, -0.25) is 4.68 Å². The summed E-state index contributed by atoms with van der Waals surface area (Å²) in [7, 11) is 1.68. The molecule has 2 atom stereocenters. The lowest BCUT2D eigenvalue weighted by molar-refractivity contribution is -0.0302. The van der Waals surface area contributed by atoms with Crippen LogP contribution in [0.2, 0.25) is 0 Å². The third-order valence-electron chi connectivity index (χ3n) is 3.18. The van der Waals surface area contributed by atoms with Gasteiger partial charge in [0.15, 0.2) is 0 Å². The Bertz CT molecular complexity index is 415. The van der Waals surface area contributed by atoms with Gasteiger partial charge in [-0.1, -0.05) is 20.8 Å². The smallest absolute Gasteiger partial charge is 0.0831 e. The van der Waals surface area contributed by atoms with Gasteiger partial charge in [-0.15, -0.1) is 0 Å². The summed E-state index contributed by atoms with van der Waals surface area (Å²) in [6, 6.07) is -0.247. The number of methoxy groups -OCH3 is 1. The first-order valence-electron chi connectivity index (χ1n) is 6.90. The average Bonchev–Trinajstić information content (AvgIpc) is 2.72. The van der Waals surface area contributed by atoms with Gasteiger partial charge in [-0.2, -0.15) is 5.10 Å². The highest BCUT2D eigenvalue weighted by atomic mass is 79.9. The van der Waals surface area contributed by atoms with Gasteiger partial charge < -0.3 is 15.2 Å². The Hall–Kier alpha value is -0.430. The molecule has 1 aromatic rings. The third kappa shape index (κ3) is 4.28. The van der Waals surface area contributed by atoms with E-state index in [1.807, 2.05) is 11.6 Å². The summed E-state index contributed by atoms with van der Waals surface area (Å²) in [6.45, 7) is 10.3. The Kier molecular flexibility index (Phi) is 6.64. The molecular weight excluding hydrogens is 322 g/mol. The van der Waals surface area contributed by atoms with Gasteiger partial charge in [0, 0.05) is 13.7 Å². The van der Waals surface area contributed by atoms with Crippen molar-refractivity contribution in [2.75, 3.05) is 20.3 Å². The lowest BCUT2D eigenvalue weighted by Crippen LogP contribution is -2.40. The highest BCUT2D eigenvalue weighted by Crippen LogP contribution is 2.34. The SMILES string of the molecule is CCOC(C(N)c1c(Br)cnn1CCOC)C(C)(C)C. The Morgan fingerprint density at radius 2 is 2.10 bits per heavy atom. The first-order valence-corrected chi connectivity index (χ1v) is 7.69. The third-order valence-corrected chi connectivity index (χ3v) is 3.79. The van der Waals surface area contributed by atoms with E-state index in [2.05, 4.69) is 41.8 Å². The quantitative estimate of drug-likeness (QED) is 0.823.